The van der Waals surface area contributed by atoms with Crippen molar-refractivity contribution in [2.75, 3.05) is 13.2 Å². The number of carbonyl (C=O) groups excluding carboxylic acids is 2. The molecule has 0 bridgehead atoms. The molecule has 3 heterocycles. The van der Waals surface area contributed by atoms with Crippen molar-refractivity contribution in [2.45, 2.75) is 46.2 Å². The lowest BCUT2D eigenvalue weighted by Crippen LogP contribution is -2.28. The third kappa shape index (κ3) is 3.81. The fourth-order valence-electron chi connectivity index (χ4n) is 3.63. The average molecular weight is 394 g/mol. The summed E-state index contributed by atoms with van der Waals surface area (Å²) < 4.78 is 5.81. The van der Waals surface area contributed by atoms with Crippen LogP contribution >= 0.6 is 0 Å². The lowest BCUT2D eigenvalue weighted by Gasteiger charge is -2.25. The average Bonchev–Trinajstić information content (AvgIpc) is 3.48. The van der Waals surface area contributed by atoms with E-state index in [0.29, 0.717) is 41.7 Å². The minimum absolute atomic E-state index is 0.0906. The first-order valence-corrected chi connectivity index (χ1v) is 10.2. The van der Waals surface area contributed by atoms with Gasteiger partial charge in [-0.2, -0.15) is 0 Å². The molecule has 2 aliphatic rings. The number of rotatable bonds is 7. The van der Waals surface area contributed by atoms with Crippen molar-refractivity contribution in [1.82, 2.24) is 20.2 Å². The molecular formula is C22H26N4O3. The second-order valence-electron chi connectivity index (χ2n) is 7.80. The summed E-state index contributed by atoms with van der Waals surface area (Å²) in [5.41, 5.74) is 3.45. The molecule has 0 spiro atoms. The van der Waals surface area contributed by atoms with Gasteiger partial charge in [-0.3, -0.25) is 14.6 Å². The van der Waals surface area contributed by atoms with Gasteiger partial charge in [0.1, 0.15) is 5.69 Å². The molecule has 1 atom stereocenters. The molecule has 0 radical (unpaired) electrons. The van der Waals surface area contributed by atoms with Gasteiger partial charge in [-0.1, -0.05) is 0 Å². The van der Waals surface area contributed by atoms with Gasteiger partial charge < -0.3 is 15.0 Å². The van der Waals surface area contributed by atoms with E-state index in [1.165, 1.54) is 19.0 Å². The Labute approximate surface area is 170 Å². The van der Waals surface area contributed by atoms with Crippen molar-refractivity contribution in [2.24, 2.45) is 5.92 Å². The lowest BCUT2D eigenvalue weighted by atomic mass is 10.1. The summed E-state index contributed by atoms with van der Waals surface area (Å²) in [5.74, 6) is 0.989. The number of amides is 2. The van der Waals surface area contributed by atoms with Gasteiger partial charge in [0.2, 0.25) is 5.88 Å². The van der Waals surface area contributed by atoms with Gasteiger partial charge in [0, 0.05) is 42.2 Å². The van der Waals surface area contributed by atoms with E-state index >= 15 is 0 Å². The number of ether oxygens (including phenoxy) is 1. The number of pyridine rings is 2. The van der Waals surface area contributed by atoms with Gasteiger partial charge in [0.25, 0.3) is 11.8 Å². The SMILES string of the molecule is CCNC(=O)c1nccc2c1CN(C(C)c1cnc(OCC3CC3)c(C)c1)C2=O. The quantitative estimate of drug-likeness (QED) is 0.780. The summed E-state index contributed by atoms with van der Waals surface area (Å²) in [7, 11) is 0. The topological polar surface area (TPSA) is 84.4 Å². The molecule has 152 valence electrons. The molecule has 1 saturated carbocycles. The molecule has 7 nitrogen and oxygen atoms in total. The molecule has 1 fully saturated rings. The zero-order valence-electron chi connectivity index (χ0n) is 17.1. The van der Waals surface area contributed by atoms with Gasteiger partial charge in [-0.25, -0.2) is 4.98 Å². The molecule has 2 amide bonds. The van der Waals surface area contributed by atoms with E-state index in [-0.39, 0.29) is 17.9 Å². The Kier molecular flexibility index (Phi) is 5.22. The Morgan fingerprint density at radius 3 is 2.86 bits per heavy atom. The molecule has 1 N–H and O–H groups in total. The standard InChI is InChI=1S/C22H26N4O3/c1-4-23-20(27)19-18-11-26(22(28)17(18)7-8-24-19)14(3)16-9-13(2)21(25-10-16)29-12-15-5-6-15/h7-10,14-15H,4-6,11-12H2,1-3H3,(H,23,27). The van der Waals surface area contributed by atoms with Crippen LogP contribution in [-0.2, 0) is 6.54 Å². The first kappa shape index (κ1) is 19.4. The van der Waals surface area contributed by atoms with Gasteiger partial charge >= 0.3 is 0 Å². The smallest absolute Gasteiger partial charge is 0.270 e. The molecule has 29 heavy (non-hydrogen) atoms. The Bertz CT molecular complexity index is 955. The van der Waals surface area contributed by atoms with Crippen molar-refractivity contribution in [3.05, 3.63) is 52.5 Å². The van der Waals surface area contributed by atoms with E-state index in [9.17, 15) is 9.59 Å². The molecule has 2 aromatic rings. The fraction of sp³-hybridized carbons (Fsp3) is 0.455. The maximum Gasteiger partial charge on any atom is 0.270 e. The van der Waals surface area contributed by atoms with Gasteiger partial charge in [-0.05, 0) is 57.2 Å². The van der Waals surface area contributed by atoms with Gasteiger partial charge in [-0.15, -0.1) is 0 Å². The van der Waals surface area contributed by atoms with Crippen LogP contribution in [0.3, 0.4) is 0 Å². The molecule has 2 aromatic heterocycles. The Balaban J connectivity index is 1.54. The molecule has 0 saturated heterocycles. The zero-order valence-corrected chi connectivity index (χ0v) is 17.1. The Hall–Kier alpha value is -2.96. The van der Waals surface area contributed by atoms with E-state index in [2.05, 4.69) is 15.3 Å². The van der Waals surface area contributed by atoms with Crippen LogP contribution in [0.1, 0.15) is 70.3 Å². The number of hydrogen-bond acceptors (Lipinski definition) is 5. The van der Waals surface area contributed by atoms with Crippen molar-refractivity contribution in [3.8, 4) is 5.88 Å². The van der Waals surface area contributed by atoms with Crippen LogP contribution in [0.4, 0.5) is 0 Å². The van der Waals surface area contributed by atoms with E-state index in [1.807, 2.05) is 26.8 Å². The van der Waals surface area contributed by atoms with Crippen LogP contribution < -0.4 is 10.1 Å². The van der Waals surface area contributed by atoms with Crippen LogP contribution in [0.2, 0.25) is 0 Å². The summed E-state index contributed by atoms with van der Waals surface area (Å²) in [5, 5.41) is 2.76. The molecule has 1 aliphatic heterocycles. The highest BCUT2D eigenvalue weighted by atomic mass is 16.5. The van der Waals surface area contributed by atoms with Crippen LogP contribution in [0.25, 0.3) is 0 Å². The lowest BCUT2D eigenvalue weighted by molar-refractivity contribution is 0.0714. The molecule has 1 aliphatic carbocycles. The number of aryl methyl sites for hydroxylation is 1. The fourth-order valence-corrected chi connectivity index (χ4v) is 3.63. The van der Waals surface area contributed by atoms with Crippen LogP contribution in [0.15, 0.2) is 24.5 Å². The largest absolute Gasteiger partial charge is 0.477 e. The third-order valence-corrected chi connectivity index (χ3v) is 5.58. The van der Waals surface area contributed by atoms with Crippen LogP contribution in [0.5, 0.6) is 5.88 Å². The predicted octanol–water partition coefficient (Wildman–Crippen LogP) is 3.04. The van der Waals surface area contributed by atoms with Crippen molar-refractivity contribution < 1.29 is 14.3 Å². The highest BCUT2D eigenvalue weighted by Crippen LogP contribution is 2.34. The van der Waals surface area contributed by atoms with Gasteiger partial charge in [0.15, 0.2) is 0 Å². The molecule has 1 unspecified atom stereocenters. The monoisotopic (exact) mass is 394 g/mol. The Morgan fingerprint density at radius 2 is 2.17 bits per heavy atom. The summed E-state index contributed by atoms with van der Waals surface area (Å²) in [4.78, 5) is 35.8. The van der Waals surface area contributed by atoms with Crippen molar-refractivity contribution in [3.63, 3.8) is 0 Å². The number of hydrogen-bond donors (Lipinski definition) is 1. The maximum absolute atomic E-state index is 13.0. The van der Waals surface area contributed by atoms with E-state index in [1.54, 1.807) is 17.2 Å². The van der Waals surface area contributed by atoms with E-state index in [0.717, 1.165) is 17.7 Å². The molecule has 0 aromatic carbocycles. The minimum Gasteiger partial charge on any atom is -0.477 e. The maximum atomic E-state index is 13.0. The minimum atomic E-state index is -0.249. The number of fused-ring (bicyclic) bond motifs is 1. The van der Waals surface area contributed by atoms with E-state index in [4.69, 9.17) is 4.74 Å². The third-order valence-electron chi connectivity index (χ3n) is 5.58. The van der Waals surface area contributed by atoms with Crippen LogP contribution in [-0.4, -0.2) is 39.8 Å². The number of aromatic nitrogens is 2. The highest BCUT2D eigenvalue weighted by Gasteiger charge is 2.35. The second kappa shape index (κ2) is 7.81. The predicted molar refractivity (Wildman–Crippen MR) is 108 cm³/mol. The summed E-state index contributed by atoms with van der Waals surface area (Å²) in [6.07, 6.45) is 5.77. The molecular weight excluding hydrogens is 368 g/mol. The zero-order chi connectivity index (χ0) is 20.5. The van der Waals surface area contributed by atoms with Crippen molar-refractivity contribution in [1.29, 1.82) is 0 Å². The highest BCUT2D eigenvalue weighted by molar-refractivity contribution is 6.03. The molecule has 4 rings (SSSR count). The van der Waals surface area contributed by atoms with E-state index < -0.39 is 0 Å². The number of carbonyl (C=O) groups is 2. The normalized spacial score (nSPS) is 16.5. The number of nitrogens with one attached hydrogen (secondary N) is 1. The summed E-state index contributed by atoms with van der Waals surface area (Å²) >= 11 is 0. The summed E-state index contributed by atoms with van der Waals surface area (Å²) in [6.45, 7) is 7.40. The van der Waals surface area contributed by atoms with Crippen molar-refractivity contribution >= 4 is 11.8 Å². The van der Waals surface area contributed by atoms with Crippen LogP contribution in [0, 0.1) is 12.8 Å². The second-order valence-corrected chi connectivity index (χ2v) is 7.80. The number of nitrogens with zero attached hydrogens (tertiary/aromatic N) is 3. The summed E-state index contributed by atoms with van der Waals surface area (Å²) in [6, 6.07) is 3.53. The molecule has 7 heteroatoms. The van der Waals surface area contributed by atoms with Gasteiger partial charge in [0.05, 0.1) is 12.6 Å². The Morgan fingerprint density at radius 1 is 1.38 bits per heavy atom. The first-order chi connectivity index (χ1) is 14.0. The first-order valence-electron chi connectivity index (χ1n) is 10.2.